The molecule has 0 spiro atoms. The van der Waals surface area contributed by atoms with E-state index in [1.54, 1.807) is 6.07 Å². The van der Waals surface area contributed by atoms with Crippen molar-refractivity contribution >= 4 is 55.3 Å². The van der Waals surface area contributed by atoms with Crippen molar-refractivity contribution in [2.24, 2.45) is 0 Å². The van der Waals surface area contributed by atoms with Crippen molar-refractivity contribution in [3.63, 3.8) is 0 Å². The van der Waals surface area contributed by atoms with Gasteiger partial charge in [-0.05, 0) is 25.0 Å². The average Bonchev–Trinajstić information content (AvgIpc) is 3.43. The van der Waals surface area contributed by atoms with E-state index in [1.165, 1.54) is 21.7 Å². The molecule has 1 atom stereocenters. The van der Waals surface area contributed by atoms with Crippen LogP contribution in [-0.4, -0.2) is 36.2 Å². The van der Waals surface area contributed by atoms with Gasteiger partial charge in [0.1, 0.15) is 10.3 Å². The van der Waals surface area contributed by atoms with Gasteiger partial charge in [-0.2, -0.15) is 4.31 Å². The molecule has 2 aromatic heterocycles. The molecule has 28 heavy (non-hydrogen) atoms. The van der Waals surface area contributed by atoms with Crippen LogP contribution in [0.1, 0.15) is 12.8 Å². The second-order valence-electron chi connectivity index (χ2n) is 6.23. The SMILES string of the molecule is O=C(Nc1nc(-c2ccccc2)cs1)[C@@H]1CCCN1S(=O)(=O)c1ccc(Cl)s1. The van der Waals surface area contributed by atoms with Crippen molar-refractivity contribution in [3.8, 4) is 11.3 Å². The molecule has 10 heteroatoms. The molecule has 0 radical (unpaired) electrons. The van der Waals surface area contributed by atoms with Gasteiger partial charge in [0.15, 0.2) is 5.13 Å². The highest BCUT2D eigenvalue weighted by Gasteiger charge is 2.40. The summed E-state index contributed by atoms with van der Waals surface area (Å²) in [5.74, 6) is -0.363. The first-order valence-electron chi connectivity index (χ1n) is 8.54. The predicted octanol–water partition coefficient (Wildman–Crippen LogP) is 4.32. The van der Waals surface area contributed by atoms with E-state index >= 15 is 0 Å². The Kier molecular flexibility index (Phi) is 5.52. The zero-order valence-electron chi connectivity index (χ0n) is 14.5. The first kappa shape index (κ1) is 19.5. The van der Waals surface area contributed by atoms with Crippen molar-refractivity contribution in [2.75, 3.05) is 11.9 Å². The van der Waals surface area contributed by atoms with Gasteiger partial charge in [0, 0.05) is 17.5 Å². The molecule has 1 aliphatic heterocycles. The van der Waals surface area contributed by atoms with Gasteiger partial charge in [0.05, 0.1) is 10.0 Å². The number of halogens is 1. The molecule has 0 saturated carbocycles. The van der Waals surface area contributed by atoms with Crippen LogP contribution in [0.25, 0.3) is 11.3 Å². The van der Waals surface area contributed by atoms with Gasteiger partial charge in [-0.15, -0.1) is 22.7 Å². The topological polar surface area (TPSA) is 79.4 Å². The Bertz CT molecular complexity index is 1100. The molecule has 3 heterocycles. The molecule has 4 rings (SSSR count). The molecule has 0 aliphatic carbocycles. The second-order valence-corrected chi connectivity index (χ2v) is 10.9. The Hall–Kier alpha value is -1.78. The Labute approximate surface area is 175 Å². The van der Waals surface area contributed by atoms with E-state index in [9.17, 15) is 13.2 Å². The third-order valence-electron chi connectivity index (χ3n) is 4.42. The van der Waals surface area contributed by atoms with Crippen molar-refractivity contribution < 1.29 is 13.2 Å². The standard InChI is InChI=1S/C18H16ClN3O3S3/c19-15-8-9-16(27-15)28(24,25)22-10-4-7-14(22)17(23)21-18-20-13(11-26-18)12-5-2-1-3-6-12/h1-3,5-6,8-9,11,14H,4,7,10H2,(H,20,21,23)/t14-/m0/s1. The van der Waals surface area contributed by atoms with Gasteiger partial charge in [-0.1, -0.05) is 41.9 Å². The van der Waals surface area contributed by atoms with Crippen LogP contribution in [0.3, 0.4) is 0 Å². The van der Waals surface area contributed by atoms with Crippen LogP contribution in [0.4, 0.5) is 5.13 Å². The average molecular weight is 454 g/mol. The molecule has 1 amide bonds. The molecule has 1 N–H and O–H groups in total. The Morgan fingerprint density at radius 3 is 2.71 bits per heavy atom. The Morgan fingerprint density at radius 1 is 1.21 bits per heavy atom. The lowest BCUT2D eigenvalue weighted by Gasteiger charge is -2.22. The lowest BCUT2D eigenvalue weighted by Crippen LogP contribution is -2.42. The zero-order valence-corrected chi connectivity index (χ0v) is 17.7. The quantitative estimate of drug-likeness (QED) is 0.624. The number of benzene rings is 1. The molecule has 6 nitrogen and oxygen atoms in total. The Balaban J connectivity index is 1.51. The van der Waals surface area contributed by atoms with Crippen molar-refractivity contribution in [1.82, 2.24) is 9.29 Å². The maximum absolute atomic E-state index is 12.9. The van der Waals surface area contributed by atoms with Crippen molar-refractivity contribution in [2.45, 2.75) is 23.1 Å². The maximum atomic E-state index is 12.9. The number of nitrogens with zero attached hydrogens (tertiary/aromatic N) is 2. The Morgan fingerprint density at radius 2 is 2.00 bits per heavy atom. The summed E-state index contributed by atoms with van der Waals surface area (Å²) >= 11 is 8.19. The monoisotopic (exact) mass is 453 g/mol. The molecular formula is C18H16ClN3O3S3. The first-order chi connectivity index (χ1) is 13.4. The molecule has 1 aliphatic rings. The molecule has 1 saturated heterocycles. The van der Waals surface area contributed by atoms with Gasteiger partial charge in [-0.25, -0.2) is 13.4 Å². The number of rotatable bonds is 5. The number of aromatic nitrogens is 1. The highest BCUT2D eigenvalue weighted by molar-refractivity contribution is 7.91. The number of anilines is 1. The fourth-order valence-electron chi connectivity index (χ4n) is 3.10. The number of hydrogen-bond acceptors (Lipinski definition) is 6. The van der Waals surface area contributed by atoms with E-state index < -0.39 is 16.1 Å². The summed E-state index contributed by atoms with van der Waals surface area (Å²) in [6.07, 6.45) is 1.10. The van der Waals surface area contributed by atoms with Crippen molar-refractivity contribution in [1.29, 1.82) is 0 Å². The summed E-state index contributed by atoms with van der Waals surface area (Å²) in [4.78, 5) is 17.2. The number of carbonyl (C=O) groups is 1. The summed E-state index contributed by atoms with van der Waals surface area (Å²) in [5, 5.41) is 5.09. The number of nitrogens with one attached hydrogen (secondary N) is 1. The smallest absolute Gasteiger partial charge is 0.253 e. The minimum Gasteiger partial charge on any atom is -0.301 e. The lowest BCUT2D eigenvalue weighted by molar-refractivity contribution is -0.119. The normalized spacial score (nSPS) is 17.7. The molecule has 1 fully saturated rings. The van der Waals surface area contributed by atoms with Crippen LogP contribution in [-0.2, 0) is 14.8 Å². The van der Waals surface area contributed by atoms with Crippen LogP contribution < -0.4 is 5.32 Å². The number of hydrogen-bond donors (Lipinski definition) is 1. The fraction of sp³-hybridized carbons (Fsp3) is 0.222. The van der Waals surface area contributed by atoms with Crippen LogP contribution in [0.5, 0.6) is 0 Å². The van der Waals surface area contributed by atoms with E-state index in [0.717, 1.165) is 22.6 Å². The van der Waals surface area contributed by atoms with E-state index in [2.05, 4.69) is 10.3 Å². The first-order valence-corrected chi connectivity index (χ1v) is 12.1. The molecule has 0 bridgehead atoms. The third kappa shape index (κ3) is 3.85. The summed E-state index contributed by atoms with van der Waals surface area (Å²) in [6.45, 7) is 0.309. The van der Waals surface area contributed by atoms with Gasteiger partial charge >= 0.3 is 0 Å². The number of amides is 1. The minimum atomic E-state index is -3.75. The van der Waals surface area contributed by atoms with E-state index in [1.807, 2.05) is 35.7 Å². The van der Waals surface area contributed by atoms with Crippen LogP contribution in [0.15, 0.2) is 52.1 Å². The van der Waals surface area contributed by atoms with Crippen LogP contribution in [0, 0.1) is 0 Å². The van der Waals surface area contributed by atoms with E-state index in [0.29, 0.717) is 28.9 Å². The van der Waals surface area contributed by atoms with E-state index in [-0.39, 0.29) is 10.1 Å². The summed E-state index contributed by atoms with van der Waals surface area (Å²) < 4.78 is 27.6. The van der Waals surface area contributed by atoms with E-state index in [4.69, 9.17) is 11.6 Å². The van der Waals surface area contributed by atoms with Crippen molar-refractivity contribution in [3.05, 3.63) is 52.2 Å². The predicted molar refractivity (Wildman–Crippen MR) is 112 cm³/mol. The highest BCUT2D eigenvalue weighted by Crippen LogP contribution is 2.33. The third-order valence-corrected chi connectivity index (χ3v) is 8.79. The lowest BCUT2D eigenvalue weighted by atomic mass is 10.2. The highest BCUT2D eigenvalue weighted by atomic mass is 35.5. The molecule has 146 valence electrons. The van der Waals surface area contributed by atoms with Gasteiger partial charge in [0.25, 0.3) is 10.0 Å². The molecular weight excluding hydrogens is 438 g/mol. The second kappa shape index (κ2) is 7.92. The fourth-order valence-corrected chi connectivity index (χ4v) is 7.09. The van der Waals surface area contributed by atoms with Gasteiger partial charge in [0.2, 0.25) is 5.91 Å². The van der Waals surface area contributed by atoms with Crippen LogP contribution in [0.2, 0.25) is 4.34 Å². The van der Waals surface area contributed by atoms with Gasteiger partial charge < -0.3 is 5.32 Å². The minimum absolute atomic E-state index is 0.151. The number of carbonyl (C=O) groups excluding carboxylic acids is 1. The number of thiazole rings is 1. The number of thiophene rings is 1. The largest absolute Gasteiger partial charge is 0.301 e. The summed E-state index contributed by atoms with van der Waals surface area (Å²) in [5.41, 5.74) is 1.73. The van der Waals surface area contributed by atoms with Gasteiger partial charge in [-0.3, -0.25) is 4.79 Å². The van der Waals surface area contributed by atoms with Crippen LogP contribution >= 0.6 is 34.3 Å². The molecule has 0 unspecified atom stereocenters. The summed E-state index contributed by atoms with van der Waals surface area (Å²) in [6, 6.07) is 11.9. The number of sulfonamides is 1. The molecule has 1 aromatic carbocycles. The summed E-state index contributed by atoms with van der Waals surface area (Å²) in [7, 11) is -3.75. The zero-order chi connectivity index (χ0) is 19.7. The maximum Gasteiger partial charge on any atom is 0.253 e. The molecule has 3 aromatic rings.